The van der Waals surface area contributed by atoms with Crippen LogP contribution in [-0.4, -0.2) is 30.2 Å². The van der Waals surface area contributed by atoms with Gasteiger partial charge in [0.15, 0.2) is 0 Å². The number of ether oxygens (including phenoxy) is 1. The highest BCUT2D eigenvalue weighted by molar-refractivity contribution is 5.31. The molecule has 18 heavy (non-hydrogen) atoms. The van der Waals surface area contributed by atoms with Crippen LogP contribution in [0, 0.1) is 11.3 Å². The van der Waals surface area contributed by atoms with Crippen LogP contribution in [0.25, 0.3) is 0 Å². The number of nitriles is 1. The van der Waals surface area contributed by atoms with Crippen LogP contribution >= 0.6 is 0 Å². The molecule has 2 unspecified atom stereocenters. The summed E-state index contributed by atoms with van der Waals surface area (Å²) in [5.74, 6) is 0. The molecule has 0 aliphatic carbocycles. The van der Waals surface area contributed by atoms with Gasteiger partial charge in [-0.3, -0.25) is 4.90 Å². The Morgan fingerprint density at radius 3 is 2.72 bits per heavy atom. The standard InChI is InChI=1S/C15H20N2O/c1-3-15-11-18-12(2)9-17(15)10-14-6-4-13(8-16)5-7-14/h4-7,12,15H,3,9-11H2,1-2H3. The van der Waals surface area contributed by atoms with Gasteiger partial charge in [-0.2, -0.15) is 5.26 Å². The van der Waals surface area contributed by atoms with Gasteiger partial charge in [0.05, 0.1) is 24.3 Å². The lowest BCUT2D eigenvalue weighted by atomic mass is 10.1. The summed E-state index contributed by atoms with van der Waals surface area (Å²) in [5.41, 5.74) is 1.99. The van der Waals surface area contributed by atoms with E-state index in [1.165, 1.54) is 5.56 Å². The quantitative estimate of drug-likeness (QED) is 0.820. The summed E-state index contributed by atoms with van der Waals surface area (Å²) >= 11 is 0. The van der Waals surface area contributed by atoms with Gasteiger partial charge in [-0.1, -0.05) is 19.1 Å². The van der Waals surface area contributed by atoms with Crippen LogP contribution in [-0.2, 0) is 11.3 Å². The van der Waals surface area contributed by atoms with Crippen LogP contribution in [0.3, 0.4) is 0 Å². The van der Waals surface area contributed by atoms with Crippen LogP contribution in [0.4, 0.5) is 0 Å². The molecule has 2 rings (SSSR count). The summed E-state index contributed by atoms with van der Waals surface area (Å²) in [7, 11) is 0. The van der Waals surface area contributed by atoms with Crippen molar-refractivity contribution in [3.05, 3.63) is 35.4 Å². The molecule has 0 N–H and O–H groups in total. The fraction of sp³-hybridized carbons (Fsp3) is 0.533. The Morgan fingerprint density at radius 1 is 1.39 bits per heavy atom. The summed E-state index contributed by atoms with van der Waals surface area (Å²) in [4.78, 5) is 2.48. The third kappa shape index (κ3) is 3.10. The average molecular weight is 244 g/mol. The number of benzene rings is 1. The van der Waals surface area contributed by atoms with Gasteiger partial charge in [0.25, 0.3) is 0 Å². The fourth-order valence-electron chi connectivity index (χ4n) is 2.40. The summed E-state index contributed by atoms with van der Waals surface area (Å²) in [6, 6.07) is 10.5. The zero-order valence-corrected chi connectivity index (χ0v) is 11.1. The van der Waals surface area contributed by atoms with Gasteiger partial charge in [-0.05, 0) is 31.0 Å². The summed E-state index contributed by atoms with van der Waals surface area (Å²) < 4.78 is 5.70. The van der Waals surface area contributed by atoms with E-state index in [0.29, 0.717) is 12.1 Å². The molecule has 1 aliphatic heterocycles. The van der Waals surface area contributed by atoms with Crippen LogP contribution in [0.2, 0.25) is 0 Å². The Labute approximate surface area is 109 Å². The van der Waals surface area contributed by atoms with Crippen molar-refractivity contribution in [2.24, 2.45) is 0 Å². The van der Waals surface area contributed by atoms with Crippen molar-refractivity contribution in [3.63, 3.8) is 0 Å². The minimum atomic E-state index is 0.311. The highest BCUT2D eigenvalue weighted by Crippen LogP contribution is 2.17. The van der Waals surface area contributed by atoms with Crippen molar-refractivity contribution < 1.29 is 4.74 Å². The van der Waals surface area contributed by atoms with Crippen molar-refractivity contribution in [1.29, 1.82) is 5.26 Å². The first-order valence-electron chi connectivity index (χ1n) is 6.57. The highest BCUT2D eigenvalue weighted by atomic mass is 16.5. The van der Waals surface area contributed by atoms with E-state index >= 15 is 0 Å². The minimum Gasteiger partial charge on any atom is -0.376 e. The van der Waals surface area contributed by atoms with Crippen LogP contribution < -0.4 is 0 Å². The number of hydrogen-bond donors (Lipinski definition) is 0. The molecular weight excluding hydrogens is 224 g/mol. The Morgan fingerprint density at radius 2 is 2.11 bits per heavy atom. The van der Waals surface area contributed by atoms with Crippen LogP contribution in [0.5, 0.6) is 0 Å². The molecule has 96 valence electrons. The largest absolute Gasteiger partial charge is 0.376 e. The molecule has 1 saturated heterocycles. The monoisotopic (exact) mass is 244 g/mol. The second kappa shape index (κ2) is 5.99. The maximum absolute atomic E-state index is 8.79. The molecule has 1 aromatic carbocycles. The summed E-state index contributed by atoms with van der Waals surface area (Å²) in [6.07, 6.45) is 1.43. The first kappa shape index (κ1) is 13.1. The summed E-state index contributed by atoms with van der Waals surface area (Å²) in [5, 5.41) is 8.79. The van der Waals surface area contributed by atoms with Gasteiger partial charge in [-0.15, -0.1) is 0 Å². The van der Waals surface area contributed by atoms with E-state index in [1.807, 2.05) is 24.3 Å². The lowest BCUT2D eigenvalue weighted by Gasteiger charge is -2.38. The third-order valence-corrected chi connectivity index (χ3v) is 3.52. The number of rotatable bonds is 3. The predicted octanol–water partition coefficient (Wildman–Crippen LogP) is 2.56. The Balaban J connectivity index is 2.03. The maximum Gasteiger partial charge on any atom is 0.0991 e. The van der Waals surface area contributed by atoms with E-state index in [9.17, 15) is 0 Å². The van der Waals surface area contributed by atoms with Crippen LogP contribution in [0.15, 0.2) is 24.3 Å². The molecule has 0 aromatic heterocycles. The van der Waals surface area contributed by atoms with E-state index in [4.69, 9.17) is 10.00 Å². The van der Waals surface area contributed by atoms with Crippen molar-refractivity contribution in [1.82, 2.24) is 4.90 Å². The Bertz CT molecular complexity index is 421. The zero-order valence-electron chi connectivity index (χ0n) is 11.1. The van der Waals surface area contributed by atoms with E-state index in [2.05, 4.69) is 24.8 Å². The molecule has 0 amide bonds. The van der Waals surface area contributed by atoms with E-state index in [-0.39, 0.29) is 0 Å². The molecule has 1 fully saturated rings. The second-order valence-corrected chi connectivity index (χ2v) is 4.94. The molecule has 0 bridgehead atoms. The SMILES string of the molecule is CCC1COC(C)CN1Cc1ccc(C#N)cc1. The third-order valence-electron chi connectivity index (χ3n) is 3.52. The van der Waals surface area contributed by atoms with E-state index in [1.54, 1.807) is 0 Å². The Kier molecular flexibility index (Phi) is 4.35. The first-order valence-corrected chi connectivity index (χ1v) is 6.57. The minimum absolute atomic E-state index is 0.311. The predicted molar refractivity (Wildman–Crippen MR) is 71.1 cm³/mol. The second-order valence-electron chi connectivity index (χ2n) is 4.94. The molecule has 1 aromatic rings. The van der Waals surface area contributed by atoms with Crippen LogP contribution in [0.1, 0.15) is 31.4 Å². The van der Waals surface area contributed by atoms with Gasteiger partial charge < -0.3 is 4.74 Å². The topological polar surface area (TPSA) is 36.3 Å². The van der Waals surface area contributed by atoms with Crippen molar-refractivity contribution >= 4 is 0 Å². The molecule has 0 spiro atoms. The van der Waals surface area contributed by atoms with Crippen molar-refractivity contribution in [2.75, 3.05) is 13.2 Å². The number of nitrogens with zero attached hydrogens (tertiary/aromatic N) is 2. The summed E-state index contributed by atoms with van der Waals surface area (Å²) in [6.45, 7) is 7.08. The normalized spacial score (nSPS) is 24.7. The Hall–Kier alpha value is -1.37. The molecule has 0 saturated carbocycles. The lowest BCUT2D eigenvalue weighted by molar-refractivity contribution is -0.0592. The number of morpholine rings is 1. The molecule has 1 heterocycles. The van der Waals surface area contributed by atoms with E-state index < -0.39 is 0 Å². The van der Waals surface area contributed by atoms with Crippen molar-refractivity contribution in [2.45, 2.75) is 39.0 Å². The lowest BCUT2D eigenvalue weighted by Crippen LogP contribution is -2.47. The van der Waals surface area contributed by atoms with Gasteiger partial charge >= 0.3 is 0 Å². The molecule has 2 atom stereocenters. The molecule has 0 radical (unpaired) electrons. The maximum atomic E-state index is 8.79. The zero-order chi connectivity index (χ0) is 13.0. The first-order chi connectivity index (χ1) is 8.72. The molecular formula is C15H20N2O. The smallest absolute Gasteiger partial charge is 0.0991 e. The van der Waals surface area contributed by atoms with Gasteiger partial charge in [0.1, 0.15) is 0 Å². The average Bonchev–Trinajstić information content (AvgIpc) is 2.40. The number of hydrogen-bond acceptors (Lipinski definition) is 3. The van der Waals surface area contributed by atoms with Gasteiger partial charge in [0.2, 0.25) is 0 Å². The van der Waals surface area contributed by atoms with E-state index in [0.717, 1.165) is 31.7 Å². The molecule has 3 heteroatoms. The van der Waals surface area contributed by atoms with Crippen molar-refractivity contribution in [3.8, 4) is 6.07 Å². The fourth-order valence-corrected chi connectivity index (χ4v) is 2.40. The molecule has 1 aliphatic rings. The highest BCUT2D eigenvalue weighted by Gasteiger charge is 2.25. The molecule has 3 nitrogen and oxygen atoms in total. The van der Waals surface area contributed by atoms with Gasteiger partial charge in [0, 0.05) is 19.1 Å². The van der Waals surface area contributed by atoms with Gasteiger partial charge in [-0.25, -0.2) is 0 Å².